The molecule has 66 heavy (non-hydrogen) atoms. The summed E-state index contributed by atoms with van der Waals surface area (Å²) in [6.45, 7) is 28.5. The number of hydrogen-bond donors (Lipinski definition) is 1. The minimum atomic E-state index is -0.814. The maximum atomic E-state index is 16.0. The molecule has 8 fully saturated rings. The van der Waals surface area contributed by atoms with Gasteiger partial charge in [-0.1, -0.05) is 91.0 Å². The van der Waals surface area contributed by atoms with Crippen LogP contribution in [-0.2, 0) is 25.7 Å². The van der Waals surface area contributed by atoms with Gasteiger partial charge in [0.1, 0.15) is 11.9 Å². The summed E-state index contributed by atoms with van der Waals surface area (Å²) in [5.41, 5.74) is 2.59. The van der Waals surface area contributed by atoms with Crippen LogP contribution < -0.4 is 0 Å². The van der Waals surface area contributed by atoms with Crippen molar-refractivity contribution in [1.82, 2.24) is 19.4 Å². The number of carboxylic acid groups (broad SMARTS) is 1. The third-order valence-corrected chi connectivity index (χ3v) is 22.1. The normalized spacial score (nSPS) is 41.2. The molecule has 9 nitrogen and oxygen atoms in total. The second kappa shape index (κ2) is 16.3. The van der Waals surface area contributed by atoms with Crippen LogP contribution in [0.25, 0.3) is 11.3 Å². The van der Waals surface area contributed by atoms with Gasteiger partial charge >= 0.3 is 11.9 Å². The van der Waals surface area contributed by atoms with Crippen LogP contribution in [0.15, 0.2) is 48.7 Å². The number of carbonyl (C=O) groups is 3. The monoisotopic (exact) mass is 903 g/mol. The molecule has 3 unspecified atom stereocenters. The molecule has 13 atom stereocenters. The molecule has 8 aliphatic rings. The highest BCUT2D eigenvalue weighted by atomic mass is 16.5. The molecule has 1 aromatic carbocycles. The third-order valence-electron chi connectivity index (χ3n) is 22.1. The summed E-state index contributed by atoms with van der Waals surface area (Å²) >= 11 is 0. The van der Waals surface area contributed by atoms with Gasteiger partial charge < -0.3 is 24.2 Å². The molecule has 0 spiro atoms. The summed E-state index contributed by atoms with van der Waals surface area (Å²) in [7, 11) is 0. The first-order valence-electron chi connectivity index (χ1n) is 26.5. The number of ether oxygens (including phenoxy) is 1. The van der Waals surface area contributed by atoms with Crippen molar-refractivity contribution < 1.29 is 24.2 Å². The molecule has 1 aromatic heterocycles. The first kappa shape index (κ1) is 46.3. The number of benzene rings is 1. The van der Waals surface area contributed by atoms with Crippen LogP contribution in [0.1, 0.15) is 164 Å². The molecule has 6 saturated carbocycles. The second-order valence-corrected chi connectivity index (χ2v) is 25.4. The fourth-order valence-corrected chi connectivity index (χ4v) is 18.1. The van der Waals surface area contributed by atoms with E-state index in [0.29, 0.717) is 41.9 Å². The SMILES string of the molecule is C=C(C)[C@@H]1CC[C@]2(C(=O)N3CCC[C@H]3c3nc(-c4ccccc4)cn3CCN3CCCC3)CC[C@]3(C)[C@H](CCC4[C@@]5(C)CC[C@H](OC(=O)[C@H]6C[C@@H](C(=O)O)C6(C)C)C(C)(C)C5CC[C@]43C)C12. The highest BCUT2D eigenvalue weighted by Gasteiger charge is 2.73. The number of carboxylic acids is 1. The predicted molar refractivity (Wildman–Crippen MR) is 259 cm³/mol. The van der Waals surface area contributed by atoms with Crippen LogP contribution in [0.2, 0.25) is 0 Å². The van der Waals surface area contributed by atoms with Crippen molar-refractivity contribution >= 4 is 17.8 Å². The summed E-state index contributed by atoms with van der Waals surface area (Å²) in [5.74, 6) is 1.69. The smallest absolute Gasteiger partial charge is 0.309 e. The average molecular weight is 903 g/mol. The van der Waals surface area contributed by atoms with Gasteiger partial charge in [0.15, 0.2) is 0 Å². The van der Waals surface area contributed by atoms with Crippen molar-refractivity contribution in [3.63, 3.8) is 0 Å². The van der Waals surface area contributed by atoms with Gasteiger partial charge in [-0.2, -0.15) is 0 Å². The van der Waals surface area contributed by atoms with E-state index in [1.807, 2.05) is 13.8 Å². The molecule has 2 aliphatic heterocycles. The number of nitrogens with zero attached hydrogens (tertiary/aromatic N) is 4. The molecule has 10 rings (SSSR count). The number of hydrogen-bond acceptors (Lipinski definition) is 6. The van der Waals surface area contributed by atoms with E-state index in [1.165, 1.54) is 37.9 Å². The van der Waals surface area contributed by atoms with E-state index in [9.17, 15) is 14.7 Å². The van der Waals surface area contributed by atoms with Crippen LogP contribution in [0.5, 0.6) is 0 Å². The lowest BCUT2D eigenvalue weighted by molar-refractivity contribution is -0.251. The Kier molecular flexibility index (Phi) is 11.4. The van der Waals surface area contributed by atoms with Crippen LogP contribution in [0.3, 0.4) is 0 Å². The number of allylic oxidation sites excluding steroid dienone is 1. The van der Waals surface area contributed by atoms with E-state index < -0.39 is 17.3 Å². The topological polar surface area (TPSA) is 105 Å². The van der Waals surface area contributed by atoms with Crippen LogP contribution in [-0.4, -0.2) is 74.6 Å². The summed E-state index contributed by atoms with van der Waals surface area (Å²) in [6, 6.07) is 10.6. The number of carbonyl (C=O) groups excluding carboxylic acids is 2. The number of amides is 1. The fraction of sp³-hybridized carbons (Fsp3) is 0.754. The zero-order valence-corrected chi connectivity index (χ0v) is 41.9. The van der Waals surface area contributed by atoms with Gasteiger partial charge in [0.25, 0.3) is 0 Å². The van der Waals surface area contributed by atoms with Gasteiger partial charge in [0, 0.05) is 36.8 Å². The Morgan fingerprint density at radius 3 is 2.21 bits per heavy atom. The maximum Gasteiger partial charge on any atom is 0.309 e. The maximum absolute atomic E-state index is 16.0. The molecule has 3 heterocycles. The second-order valence-electron chi connectivity index (χ2n) is 25.4. The highest BCUT2D eigenvalue weighted by molar-refractivity contribution is 5.85. The number of esters is 1. The number of rotatable bonds is 10. The van der Waals surface area contributed by atoms with E-state index in [0.717, 1.165) is 107 Å². The lowest BCUT2D eigenvalue weighted by atomic mass is 9.32. The Hall–Kier alpha value is -3.46. The van der Waals surface area contributed by atoms with Gasteiger partial charge in [-0.25, -0.2) is 4.98 Å². The molecule has 9 heteroatoms. The molecule has 1 N–H and O–H groups in total. The van der Waals surface area contributed by atoms with Crippen molar-refractivity contribution in [3.8, 4) is 11.3 Å². The Morgan fingerprint density at radius 1 is 0.773 bits per heavy atom. The van der Waals surface area contributed by atoms with E-state index in [-0.39, 0.29) is 51.1 Å². The van der Waals surface area contributed by atoms with E-state index >= 15 is 4.79 Å². The Labute approximate surface area is 396 Å². The van der Waals surface area contributed by atoms with Gasteiger partial charge in [-0.3, -0.25) is 14.4 Å². The molecule has 0 bridgehead atoms. The van der Waals surface area contributed by atoms with E-state index in [4.69, 9.17) is 9.72 Å². The summed E-state index contributed by atoms with van der Waals surface area (Å²) in [5, 5.41) is 9.75. The lowest BCUT2D eigenvalue weighted by Gasteiger charge is -2.73. The largest absolute Gasteiger partial charge is 0.481 e. The number of fused-ring (bicyclic) bond motifs is 7. The molecule has 6 aliphatic carbocycles. The van der Waals surface area contributed by atoms with Crippen molar-refractivity contribution in [3.05, 3.63) is 54.5 Å². The molecular formula is C57H82N4O5. The molecule has 0 radical (unpaired) electrons. The minimum absolute atomic E-state index is 0.0103. The quantitative estimate of drug-likeness (QED) is 0.187. The van der Waals surface area contributed by atoms with Gasteiger partial charge in [0.05, 0.1) is 29.0 Å². The zero-order chi connectivity index (χ0) is 46.8. The number of aliphatic carboxylic acids is 1. The molecule has 360 valence electrons. The Balaban J connectivity index is 0.913. The van der Waals surface area contributed by atoms with Gasteiger partial charge in [-0.15, -0.1) is 0 Å². The van der Waals surface area contributed by atoms with Crippen molar-refractivity contribution in [1.29, 1.82) is 0 Å². The number of imidazole rings is 1. The summed E-state index contributed by atoms with van der Waals surface area (Å²) in [6.07, 6.45) is 17.6. The van der Waals surface area contributed by atoms with Crippen molar-refractivity contribution in [2.24, 2.45) is 73.9 Å². The lowest BCUT2D eigenvalue weighted by Crippen LogP contribution is -2.67. The molecular weight excluding hydrogens is 821 g/mol. The first-order chi connectivity index (χ1) is 31.3. The average Bonchev–Trinajstić information content (AvgIpc) is 4.11. The Bertz CT molecular complexity index is 2230. The predicted octanol–water partition coefficient (Wildman–Crippen LogP) is 11.6. The van der Waals surface area contributed by atoms with E-state index in [1.54, 1.807) is 0 Å². The number of likely N-dealkylation sites (tertiary alicyclic amines) is 2. The minimum Gasteiger partial charge on any atom is -0.481 e. The standard InChI is InChI=1S/C57H82N4O5/c1-36(2)38-21-26-57(51(65)61-31-15-18-43(61)48-58-42(37-16-11-10-12-17-37)35-60(48)33-32-59-29-13-14-30-59)28-27-55(8)39(47(38)57)19-20-45-54(7)24-23-46(53(5,6)44(54)22-25-56(45,55)9)66-50(64)41-34-40(49(62)63)52(41,3)4/h10-12,16-17,35,38-41,43-47H,1,13-15,18-34H2,2-9H3,(H,62,63)/t38-,39+,40-,41+,43-,44?,45?,46-,47?,54-,55+,56+,57-/m0/s1. The fourth-order valence-electron chi connectivity index (χ4n) is 18.1. The van der Waals surface area contributed by atoms with Crippen LogP contribution >= 0.6 is 0 Å². The molecule has 1 amide bonds. The zero-order valence-electron chi connectivity index (χ0n) is 41.9. The number of aromatic nitrogens is 2. The highest BCUT2D eigenvalue weighted by Crippen LogP contribution is 2.78. The molecule has 2 aromatic rings. The third kappa shape index (κ3) is 6.81. The van der Waals surface area contributed by atoms with Crippen LogP contribution in [0.4, 0.5) is 0 Å². The van der Waals surface area contributed by atoms with Crippen molar-refractivity contribution in [2.75, 3.05) is 26.2 Å². The Morgan fingerprint density at radius 2 is 1.52 bits per heavy atom. The van der Waals surface area contributed by atoms with Gasteiger partial charge in [-0.05, 0) is 168 Å². The van der Waals surface area contributed by atoms with Crippen LogP contribution in [0, 0.1) is 73.9 Å². The summed E-state index contributed by atoms with van der Waals surface area (Å²) < 4.78 is 8.92. The van der Waals surface area contributed by atoms with Gasteiger partial charge in [0.2, 0.25) is 5.91 Å². The molecule has 2 saturated heterocycles. The summed E-state index contributed by atoms with van der Waals surface area (Å²) in [4.78, 5) is 52.0. The first-order valence-corrected chi connectivity index (χ1v) is 26.5. The van der Waals surface area contributed by atoms with Crippen molar-refractivity contribution in [2.45, 2.75) is 170 Å². The van der Waals surface area contributed by atoms with E-state index in [2.05, 4.69) is 99.0 Å².